The van der Waals surface area contributed by atoms with Crippen LogP contribution in [0.2, 0.25) is 0 Å². The van der Waals surface area contributed by atoms with Gasteiger partial charge in [-0.25, -0.2) is 0 Å². The molecule has 0 heterocycles. The van der Waals surface area contributed by atoms with Crippen LogP contribution >= 0.6 is 0 Å². The fraction of sp³-hybridized carbons (Fsp3) is 0.882. The minimum Gasteiger partial charge on any atom is -0.0660 e. The van der Waals surface area contributed by atoms with Crippen molar-refractivity contribution < 1.29 is 0 Å². The lowest BCUT2D eigenvalue weighted by molar-refractivity contribution is 0.259. The molecule has 0 saturated heterocycles. The molecule has 0 aromatic rings. The van der Waals surface area contributed by atoms with Crippen LogP contribution in [-0.2, 0) is 0 Å². The number of hydrogen-bond acceptors (Lipinski definition) is 0. The van der Waals surface area contributed by atoms with Crippen LogP contribution in [0.3, 0.4) is 0 Å². The Bertz CT molecular complexity index is 628. The zero-order valence-electron chi connectivity index (χ0n) is 25.7. The van der Waals surface area contributed by atoms with E-state index in [0.29, 0.717) is 11.3 Å². The zero-order valence-corrected chi connectivity index (χ0v) is 25.7. The van der Waals surface area contributed by atoms with Gasteiger partial charge in [-0.1, -0.05) is 139 Å². The summed E-state index contributed by atoms with van der Waals surface area (Å²) in [5.41, 5.74) is 5.78. The highest BCUT2D eigenvalue weighted by Gasteiger charge is 2.34. The van der Waals surface area contributed by atoms with Crippen molar-refractivity contribution in [2.75, 3.05) is 0 Å². The van der Waals surface area contributed by atoms with E-state index < -0.39 is 0 Å². The minimum atomic E-state index is 0.243. The average molecular weight is 473 g/mol. The summed E-state index contributed by atoms with van der Waals surface area (Å²) >= 11 is 0. The molecule has 0 amide bonds. The number of hydrogen-bond donors (Lipinski definition) is 0. The van der Waals surface area contributed by atoms with E-state index in [4.69, 9.17) is 0 Å². The molecule has 0 bridgehead atoms. The van der Waals surface area contributed by atoms with Crippen LogP contribution in [0.4, 0.5) is 0 Å². The minimum absolute atomic E-state index is 0.243. The molecule has 200 valence electrons. The molecule has 34 heavy (non-hydrogen) atoms. The van der Waals surface area contributed by atoms with Gasteiger partial charge in [0.05, 0.1) is 0 Å². The molecule has 0 radical (unpaired) electrons. The van der Waals surface area contributed by atoms with Crippen molar-refractivity contribution in [1.29, 1.82) is 0 Å². The van der Waals surface area contributed by atoms with E-state index in [0.717, 1.165) is 23.7 Å². The van der Waals surface area contributed by atoms with Crippen LogP contribution in [0.1, 0.15) is 154 Å². The maximum Gasteiger partial charge on any atom is -0.0114 e. The summed E-state index contributed by atoms with van der Waals surface area (Å²) in [6.45, 7) is 29.2. The van der Waals surface area contributed by atoms with Crippen LogP contribution in [0.25, 0.3) is 0 Å². The maximum absolute atomic E-state index is 2.69. The van der Waals surface area contributed by atoms with Gasteiger partial charge in [-0.2, -0.15) is 0 Å². The van der Waals surface area contributed by atoms with Crippen LogP contribution in [0.5, 0.6) is 0 Å². The second kappa shape index (κ2) is 14.3. The molecule has 3 atom stereocenters. The SMILES string of the molecule is CC(C)CCCC(C)CCC1=CC(C(C)(C)C)=C(CCC(C)CCCC(C)C)CC1C(C)(C)C. The Labute approximate surface area is 216 Å². The number of allylic oxidation sites excluding steroid dienone is 4. The van der Waals surface area contributed by atoms with Crippen LogP contribution < -0.4 is 0 Å². The smallest absolute Gasteiger partial charge is 0.0114 e. The second-order valence-corrected chi connectivity index (χ2v) is 15.0. The molecule has 1 aliphatic carbocycles. The van der Waals surface area contributed by atoms with E-state index in [9.17, 15) is 0 Å². The van der Waals surface area contributed by atoms with Crippen molar-refractivity contribution in [1.82, 2.24) is 0 Å². The molecule has 3 unspecified atom stereocenters. The molecule has 0 saturated carbocycles. The monoisotopic (exact) mass is 473 g/mol. The fourth-order valence-electron chi connectivity index (χ4n) is 5.84. The van der Waals surface area contributed by atoms with E-state index >= 15 is 0 Å². The number of rotatable bonds is 14. The van der Waals surface area contributed by atoms with Gasteiger partial charge < -0.3 is 0 Å². The second-order valence-electron chi connectivity index (χ2n) is 15.0. The van der Waals surface area contributed by atoms with Gasteiger partial charge in [-0.3, -0.25) is 0 Å². The largest absolute Gasteiger partial charge is 0.0660 e. The summed E-state index contributed by atoms with van der Waals surface area (Å²) < 4.78 is 0. The summed E-state index contributed by atoms with van der Waals surface area (Å²) in [5, 5.41) is 0. The van der Waals surface area contributed by atoms with Crippen LogP contribution in [-0.4, -0.2) is 0 Å². The highest BCUT2D eigenvalue weighted by atomic mass is 14.4. The van der Waals surface area contributed by atoms with Crippen molar-refractivity contribution in [2.45, 2.75) is 154 Å². The Hall–Kier alpha value is -0.520. The Morgan fingerprint density at radius 3 is 1.56 bits per heavy atom. The normalized spacial score (nSPS) is 19.7. The van der Waals surface area contributed by atoms with Gasteiger partial charge in [0.1, 0.15) is 0 Å². The van der Waals surface area contributed by atoms with Gasteiger partial charge in [0.2, 0.25) is 0 Å². The molecular formula is C34H64. The molecule has 0 fully saturated rings. The third-order valence-electron chi connectivity index (χ3n) is 8.28. The Morgan fingerprint density at radius 2 is 1.15 bits per heavy atom. The first kappa shape index (κ1) is 31.5. The lowest BCUT2D eigenvalue weighted by Gasteiger charge is -2.40. The Balaban J connectivity index is 2.97. The highest BCUT2D eigenvalue weighted by molar-refractivity contribution is 5.39. The van der Waals surface area contributed by atoms with Gasteiger partial charge in [0.25, 0.3) is 0 Å². The predicted molar refractivity (Wildman–Crippen MR) is 156 cm³/mol. The molecule has 0 spiro atoms. The summed E-state index contributed by atoms with van der Waals surface area (Å²) in [6.07, 6.45) is 17.7. The molecule has 0 N–H and O–H groups in total. The summed E-state index contributed by atoms with van der Waals surface area (Å²) in [7, 11) is 0. The van der Waals surface area contributed by atoms with E-state index in [2.05, 4.69) is 89.2 Å². The molecule has 0 aromatic heterocycles. The maximum atomic E-state index is 2.69. The van der Waals surface area contributed by atoms with Crippen LogP contribution in [0, 0.1) is 40.4 Å². The average Bonchev–Trinajstić information content (AvgIpc) is 2.68. The third-order valence-corrected chi connectivity index (χ3v) is 8.28. The fourth-order valence-corrected chi connectivity index (χ4v) is 5.84. The van der Waals surface area contributed by atoms with Gasteiger partial charge in [-0.05, 0) is 78.1 Å². The molecule has 1 aliphatic rings. The topological polar surface area (TPSA) is 0 Å². The van der Waals surface area contributed by atoms with E-state index in [1.165, 1.54) is 70.6 Å². The molecule has 0 nitrogen and oxygen atoms in total. The van der Waals surface area contributed by atoms with Crippen molar-refractivity contribution in [2.24, 2.45) is 40.4 Å². The summed E-state index contributed by atoms with van der Waals surface area (Å²) in [6, 6.07) is 0. The lowest BCUT2D eigenvalue weighted by atomic mass is 9.65. The molecule has 0 aromatic carbocycles. The van der Waals surface area contributed by atoms with E-state index in [1.54, 1.807) is 16.7 Å². The quantitative estimate of drug-likeness (QED) is 0.236. The van der Waals surface area contributed by atoms with Gasteiger partial charge >= 0.3 is 0 Å². The molecule has 1 rings (SSSR count). The van der Waals surface area contributed by atoms with Gasteiger partial charge in [0, 0.05) is 0 Å². The van der Waals surface area contributed by atoms with Crippen molar-refractivity contribution in [3.63, 3.8) is 0 Å². The summed E-state index contributed by atoms with van der Waals surface area (Å²) in [5.74, 6) is 4.07. The van der Waals surface area contributed by atoms with Gasteiger partial charge in [-0.15, -0.1) is 0 Å². The summed E-state index contributed by atoms with van der Waals surface area (Å²) in [4.78, 5) is 0. The predicted octanol–water partition coefficient (Wildman–Crippen LogP) is 11.8. The van der Waals surface area contributed by atoms with E-state index in [-0.39, 0.29) is 5.41 Å². The zero-order chi connectivity index (χ0) is 26.1. The van der Waals surface area contributed by atoms with Crippen LogP contribution in [0.15, 0.2) is 22.8 Å². The third kappa shape index (κ3) is 11.9. The van der Waals surface area contributed by atoms with Crippen molar-refractivity contribution in [3.05, 3.63) is 22.8 Å². The molecule has 0 heteroatoms. The van der Waals surface area contributed by atoms with E-state index in [1.807, 2.05) is 0 Å². The molecular weight excluding hydrogens is 408 g/mol. The highest BCUT2D eigenvalue weighted by Crippen LogP contribution is 2.47. The van der Waals surface area contributed by atoms with Crippen molar-refractivity contribution >= 4 is 0 Å². The Kier molecular flexibility index (Phi) is 13.2. The first-order valence-electron chi connectivity index (χ1n) is 15.0. The lowest BCUT2D eigenvalue weighted by Crippen LogP contribution is -2.28. The first-order chi connectivity index (χ1) is 15.6. The molecule has 0 aliphatic heterocycles. The Morgan fingerprint density at radius 1 is 0.676 bits per heavy atom. The first-order valence-corrected chi connectivity index (χ1v) is 15.0. The standard InChI is InChI=1S/C34H64/c1-25(2)15-13-17-27(5)19-21-29-23-32(34(10,11)12)30(24-31(29)33(7,8)9)22-20-28(6)18-14-16-26(3)4/h23,25-28,31H,13-22,24H2,1-12H3. The van der Waals surface area contributed by atoms with Crippen molar-refractivity contribution in [3.8, 4) is 0 Å². The van der Waals surface area contributed by atoms with Gasteiger partial charge in [0.15, 0.2) is 0 Å².